The number of hydrazine groups is 1. The number of nitrogens with zero attached hydrogens (tertiary/aromatic N) is 3. The van der Waals surface area contributed by atoms with Crippen LogP contribution in [0.15, 0.2) is 30.3 Å². The molecule has 20 heavy (non-hydrogen) atoms. The van der Waals surface area contributed by atoms with Crippen molar-refractivity contribution in [3.8, 4) is 6.07 Å². The van der Waals surface area contributed by atoms with E-state index in [4.69, 9.17) is 22.7 Å². The smallest absolute Gasteiger partial charge is 0.276 e. The second-order valence-electron chi connectivity index (χ2n) is 3.71. The molecule has 0 radical (unpaired) electrons. The van der Waals surface area contributed by atoms with Gasteiger partial charge in [-0.05, 0) is 30.3 Å². The number of hydrogen-bond acceptors (Lipinski definition) is 6. The second kappa shape index (κ2) is 5.97. The highest BCUT2D eigenvalue weighted by Gasteiger charge is 2.09. The molecule has 0 bridgehead atoms. The minimum atomic E-state index is -0.443. The van der Waals surface area contributed by atoms with E-state index in [1.54, 1.807) is 6.07 Å². The van der Waals surface area contributed by atoms with Crippen LogP contribution in [0.4, 0.5) is 11.5 Å². The molecule has 4 N–H and O–H groups in total. The van der Waals surface area contributed by atoms with Crippen molar-refractivity contribution in [3.63, 3.8) is 0 Å². The number of carbonyl (C=O) groups excluding carboxylic acids is 1. The van der Waals surface area contributed by atoms with Gasteiger partial charge in [-0.25, -0.2) is 5.84 Å². The highest BCUT2D eigenvalue weighted by Crippen LogP contribution is 2.20. The summed E-state index contributed by atoms with van der Waals surface area (Å²) in [6.07, 6.45) is 0. The normalized spacial score (nSPS) is 9.65. The van der Waals surface area contributed by atoms with Gasteiger partial charge in [-0.15, -0.1) is 10.2 Å². The van der Waals surface area contributed by atoms with E-state index >= 15 is 0 Å². The third kappa shape index (κ3) is 3.00. The second-order valence-corrected chi connectivity index (χ2v) is 4.12. The van der Waals surface area contributed by atoms with Gasteiger partial charge in [0, 0.05) is 5.69 Å². The Hall–Kier alpha value is -2.69. The lowest BCUT2D eigenvalue weighted by molar-refractivity contribution is 0.102. The van der Waals surface area contributed by atoms with Crippen LogP contribution >= 0.6 is 11.6 Å². The Bertz CT molecular complexity index is 679. The summed E-state index contributed by atoms with van der Waals surface area (Å²) in [6, 6.07) is 9.51. The van der Waals surface area contributed by atoms with Gasteiger partial charge in [0.15, 0.2) is 11.5 Å². The molecule has 0 saturated carbocycles. The molecule has 8 heteroatoms. The highest BCUT2D eigenvalue weighted by atomic mass is 35.5. The molecule has 0 spiro atoms. The molecule has 0 aliphatic rings. The zero-order valence-electron chi connectivity index (χ0n) is 10.1. The standard InChI is InChI=1S/C12H9ClN6O/c13-9-5-8(2-1-7(9)6-14)16-12(20)10-3-4-11(17-15)19-18-10/h1-5H,15H2,(H,16,20)(H,17,19). The number of nitrogen functional groups attached to an aromatic ring is 1. The van der Waals surface area contributed by atoms with Crippen LogP contribution in [0, 0.1) is 11.3 Å². The topological polar surface area (TPSA) is 117 Å². The molecule has 0 fully saturated rings. The zero-order valence-corrected chi connectivity index (χ0v) is 10.8. The Morgan fingerprint density at radius 1 is 1.30 bits per heavy atom. The lowest BCUT2D eigenvalue weighted by Gasteiger charge is -2.05. The fraction of sp³-hybridized carbons (Fsp3) is 0. The van der Waals surface area contributed by atoms with Gasteiger partial charge in [0.05, 0.1) is 10.6 Å². The summed E-state index contributed by atoms with van der Waals surface area (Å²) in [5.41, 5.74) is 3.23. The van der Waals surface area contributed by atoms with Gasteiger partial charge in [0.25, 0.3) is 5.91 Å². The number of hydrogen-bond donors (Lipinski definition) is 3. The van der Waals surface area contributed by atoms with Crippen molar-refractivity contribution >= 4 is 29.0 Å². The first-order chi connectivity index (χ1) is 9.63. The summed E-state index contributed by atoms with van der Waals surface area (Å²) in [5.74, 6) is 5.06. The van der Waals surface area contributed by atoms with E-state index in [1.807, 2.05) is 6.07 Å². The van der Waals surface area contributed by atoms with E-state index in [2.05, 4.69) is 20.9 Å². The van der Waals surface area contributed by atoms with Crippen LogP contribution in [0.3, 0.4) is 0 Å². The van der Waals surface area contributed by atoms with Gasteiger partial charge < -0.3 is 10.7 Å². The number of halogens is 1. The van der Waals surface area contributed by atoms with Gasteiger partial charge in [0.2, 0.25) is 0 Å². The number of nitrogens with one attached hydrogen (secondary N) is 2. The molecule has 0 saturated heterocycles. The van der Waals surface area contributed by atoms with Crippen LogP contribution in [0.25, 0.3) is 0 Å². The lowest BCUT2D eigenvalue weighted by atomic mass is 10.2. The maximum absolute atomic E-state index is 11.9. The Labute approximate surface area is 119 Å². The highest BCUT2D eigenvalue weighted by molar-refractivity contribution is 6.32. The van der Waals surface area contributed by atoms with E-state index in [0.717, 1.165) is 0 Å². The number of nitrogens with two attached hydrogens (primary N) is 1. The van der Waals surface area contributed by atoms with Gasteiger partial charge in [-0.3, -0.25) is 4.79 Å². The summed E-state index contributed by atoms with van der Waals surface area (Å²) in [6.45, 7) is 0. The molecule has 1 aromatic heterocycles. The van der Waals surface area contributed by atoms with Crippen molar-refractivity contribution in [2.75, 3.05) is 10.7 Å². The summed E-state index contributed by atoms with van der Waals surface area (Å²) < 4.78 is 0. The predicted molar refractivity (Wildman–Crippen MR) is 74.0 cm³/mol. The summed E-state index contributed by atoms with van der Waals surface area (Å²) in [5, 5.41) is 19.0. The van der Waals surface area contributed by atoms with Gasteiger partial charge in [-0.2, -0.15) is 5.26 Å². The molecular weight excluding hydrogens is 280 g/mol. The minimum Gasteiger partial charge on any atom is -0.321 e. The third-order valence-corrected chi connectivity index (χ3v) is 2.71. The maximum Gasteiger partial charge on any atom is 0.276 e. The molecule has 0 atom stereocenters. The van der Waals surface area contributed by atoms with Crippen molar-refractivity contribution in [1.82, 2.24) is 10.2 Å². The van der Waals surface area contributed by atoms with E-state index in [0.29, 0.717) is 17.1 Å². The van der Waals surface area contributed by atoms with Crippen molar-refractivity contribution < 1.29 is 4.79 Å². The third-order valence-electron chi connectivity index (χ3n) is 2.39. The molecule has 0 aliphatic carbocycles. The molecule has 1 aromatic carbocycles. The fourth-order valence-electron chi connectivity index (χ4n) is 1.41. The predicted octanol–water partition coefficient (Wildman–Crippen LogP) is 1.54. The quantitative estimate of drug-likeness (QED) is 0.582. The molecule has 2 aromatic rings. The molecule has 100 valence electrons. The van der Waals surface area contributed by atoms with Crippen molar-refractivity contribution in [1.29, 1.82) is 5.26 Å². The molecule has 0 aliphatic heterocycles. The molecule has 7 nitrogen and oxygen atoms in total. The minimum absolute atomic E-state index is 0.129. The molecule has 2 rings (SSSR count). The van der Waals surface area contributed by atoms with Gasteiger partial charge in [-0.1, -0.05) is 11.6 Å². The SMILES string of the molecule is N#Cc1ccc(NC(=O)c2ccc(NN)nn2)cc1Cl. The number of carbonyl (C=O) groups is 1. The largest absolute Gasteiger partial charge is 0.321 e. The van der Waals surface area contributed by atoms with Crippen LogP contribution in [-0.4, -0.2) is 16.1 Å². The Morgan fingerprint density at radius 2 is 2.10 bits per heavy atom. The van der Waals surface area contributed by atoms with E-state index in [-0.39, 0.29) is 10.7 Å². The maximum atomic E-state index is 11.9. The Kier molecular flexibility index (Phi) is 4.10. The fourth-order valence-corrected chi connectivity index (χ4v) is 1.63. The van der Waals surface area contributed by atoms with Crippen LogP contribution < -0.4 is 16.6 Å². The van der Waals surface area contributed by atoms with Crippen molar-refractivity contribution in [2.45, 2.75) is 0 Å². The zero-order chi connectivity index (χ0) is 14.5. The van der Waals surface area contributed by atoms with Crippen LogP contribution in [0.1, 0.15) is 16.1 Å². The first kappa shape index (κ1) is 13.7. The number of anilines is 2. The summed E-state index contributed by atoms with van der Waals surface area (Å²) in [4.78, 5) is 11.9. The number of nitriles is 1. The van der Waals surface area contributed by atoms with Crippen LogP contribution in [-0.2, 0) is 0 Å². The van der Waals surface area contributed by atoms with Crippen molar-refractivity contribution in [2.24, 2.45) is 5.84 Å². The van der Waals surface area contributed by atoms with E-state index in [1.165, 1.54) is 24.3 Å². The first-order valence-electron chi connectivity index (χ1n) is 5.45. The molecule has 1 amide bonds. The summed E-state index contributed by atoms with van der Waals surface area (Å²) >= 11 is 5.87. The van der Waals surface area contributed by atoms with E-state index < -0.39 is 5.91 Å². The average Bonchev–Trinajstić information content (AvgIpc) is 2.47. The molecular formula is C12H9ClN6O. The molecule has 1 heterocycles. The van der Waals surface area contributed by atoms with Crippen LogP contribution in [0.5, 0.6) is 0 Å². The molecule has 0 unspecified atom stereocenters. The van der Waals surface area contributed by atoms with E-state index in [9.17, 15) is 4.79 Å². The number of rotatable bonds is 3. The Balaban J connectivity index is 2.15. The average molecular weight is 289 g/mol. The lowest BCUT2D eigenvalue weighted by Crippen LogP contribution is -2.16. The monoisotopic (exact) mass is 288 g/mol. The summed E-state index contributed by atoms with van der Waals surface area (Å²) in [7, 11) is 0. The first-order valence-corrected chi connectivity index (χ1v) is 5.83. The van der Waals surface area contributed by atoms with Crippen LogP contribution in [0.2, 0.25) is 5.02 Å². The number of benzene rings is 1. The van der Waals surface area contributed by atoms with Gasteiger partial charge >= 0.3 is 0 Å². The number of aromatic nitrogens is 2. The Morgan fingerprint density at radius 3 is 2.65 bits per heavy atom. The van der Waals surface area contributed by atoms with Gasteiger partial charge in [0.1, 0.15) is 6.07 Å². The number of amides is 1. The van der Waals surface area contributed by atoms with Crippen molar-refractivity contribution in [3.05, 3.63) is 46.6 Å².